The summed E-state index contributed by atoms with van der Waals surface area (Å²) in [4.78, 5) is 4.69. The first-order valence-corrected chi connectivity index (χ1v) is 19.9. The van der Waals surface area contributed by atoms with E-state index in [0.29, 0.717) is 0 Å². The molecule has 0 saturated carbocycles. The third-order valence-electron chi connectivity index (χ3n) is 11.7. The van der Waals surface area contributed by atoms with Crippen LogP contribution >= 0.6 is 0 Å². The second-order valence-electron chi connectivity index (χ2n) is 14.9. The summed E-state index contributed by atoms with van der Waals surface area (Å²) in [6.07, 6.45) is 0. The first-order chi connectivity index (χ1) is 28.8. The van der Waals surface area contributed by atoms with Gasteiger partial charge in [0.15, 0.2) is 5.75 Å². The summed E-state index contributed by atoms with van der Waals surface area (Å²) in [5.74, 6) is 1.69. The molecule has 1 atom stereocenters. The molecule has 58 heavy (non-hydrogen) atoms. The van der Waals surface area contributed by atoms with Crippen LogP contribution in [0.3, 0.4) is 0 Å². The van der Waals surface area contributed by atoms with Gasteiger partial charge in [0.1, 0.15) is 5.75 Å². The van der Waals surface area contributed by atoms with Crippen molar-refractivity contribution in [1.82, 2.24) is 0 Å². The molecule has 9 aromatic rings. The van der Waals surface area contributed by atoms with Gasteiger partial charge < -0.3 is 14.5 Å². The Kier molecular flexibility index (Phi) is 8.04. The largest absolute Gasteiger partial charge is 0.454 e. The van der Waals surface area contributed by atoms with Crippen LogP contribution < -0.4 is 14.5 Å². The fraction of sp³-hybridized carbons (Fsp3) is 0.0182. The fourth-order valence-corrected chi connectivity index (χ4v) is 9.25. The first-order valence-electron chi connectivity index (χ1n) is 19.9. The second kappa shape index (κ2) is 13.8. The van der Waals surface area contributed by atoms with Crippen LogP contribution in [0.15, 0.2) is 231 Å². The molecule has 0 bridgehead atoms. The highest BCUT2D eigenvalue weighted by Gasteiger charge is 2.52. The Hall–Kier alpha value is -7.62. The van der Waals surface area contributed by atoms with Gasteiger partial charge in [0.2, 0.25) is 0 Å². The molecule has 3 heteroatoms. The Morgan fingerprint density at radius 1 is 0.310 bits per heavy atom. The number of nitrogens with zero attached hydrogens (tertiary/aromatic N) is 2. The standard InChI is InChI=1S/C55H38N2O/c1-5-18-39(19-6-1)40-32-34-44(35-33-40)57(43-24-11-4-12-25-43)52-30-17-29-50-54(52)58-53-31-16-15-28-49(53)55(50)48-27-14-13-26-46(48)47-37-36-45(38-51(47)55)56(41-20-7-2-8-21-41)42-22-9-3-10-23-42/h1-38H. The van der Waals surface area contributed by atoms with E-state index in [1.807, 2.05) is 0 Å². The molecule has 1 unspecified atom stereocenters. The summed E-state index contributed by atoms with van der Waals surface area (Å²) in [6.45, 7) is 0. The number of hydrogen-bond acceptors (Lipinski definition) is 3. The van der Waals surface area contributed by atoms with Crippen molar-refractivity contribution in [3.05, 3.63) is 253 Å². The van der Waals surface area contributed by atoms with Crippen molar-refractivity contribution in [2.45, 2.75) is 5.41 Å². The summed E-state index contributed by atoms with van der Waals surface area (Å²) >= 11 is 0. The van der Waals surface area contributed by atoms with Gasteiger partial charge in [0.25, 0.3) is 0 Å². The Bertz CT molecular complexity index is 2870. The Morgan fingerprint density at radius 2 is 0.793 bits per heavy atom. The molecule has 274 valence electrons. The normalized spacial score (nSPS) is 14.4. The molecule has 0 fully saturated rings. The maximum atomic E-state index is 7.21. The lowest BCUT2D eigenvalue weighted by molar-refractivity contribution is 0.437. The van der Waals surface area contributed by atoms with Crippen LogP contribution in [0.25, 0.3) is 22.3 Å². The molecule has 1 heterocycles. The van der Waals surface area contributed by atoms with Crippen molar-refractivity contribution >= 4 is 34.1 Å². The van der Waals surface area contributed by atoms with Gasteiger partial charge in [-0.05, 0) is 106 Å². The van der Waals surface area contributed by atoms with Crippen LogP contribution in [0.4, 0.5) is 34.1 Å². The van der Waals surface area contributed by atoms with Crippen LogP contribution in [-0.4, -0.2) is 0 Å². The smallest absolute Gasteiger partial charge is 0.156 e. The average Bonchev–Trinajstić information content (AvgIpc) is 3.58. The van der Waals surface area contributed by atoms with Crippen molar-refractivity contribution in [3.8, 4) is 33.8 Å². The van der Waals surface area contributed by atoms with Crippen LogP contribution in [0.1, 0.15) is 22.3 Å². The molecule has 3 nitrogen and oxygen atoms in total. The summed E-state index contributed by atoms with van der Waals surface area (Å²) in [6, 6.07) is 82.6. The lowest BCUT2D eigenvalue weighted by atomic mass is 9.66. The summed E-state index contributed by atoms with van der Waals surface area (Å²) in [5.41, 5.74) is 15.3. The maximum absolute atomic E-state index is 7.21. The van der Waals surface area contributed by atoms with Gasteiger partial charge in [-0.2, -0.15) is 0 Å². The van der Waals surface area contributed by atoms with Crippen molar-refractivity contribution in [2.24, 2.45) is 0 Å². The number of hydrogen-bond donors (Lipinski definition) is 0. The van der Waals surface area contributed by atoms with Gasteiger partial charge in [-0.15, -0.1) is 0 Å². The van der Waals surface area contributed by atoms with Crippen LogP contribution in [-0.2, 0) is 5.41 Å². The van der Waals surface area contributed by atoms with E-state index in [1.165, 1.54) is 33.4 Å². The zero-order chi connectivity index (χ0) is 38.5. The molecule has 1 aliphatic carbocycles. The Labute approximate surface area is 339 Å². The molecular formula is C55H38N2O. The first kappa shape index (κ1) is 33.7. The van der Waals surface area contributed by atoms with Gasteiger partial charge in [-0.25, -0.2) is 0 Å². The van der Waals surface area contributed by atoms with Crippen LogP contribution in [0.5, 0.6) is 11.5 Å². The molecule has 0 radical (unpaired) electrons. The SMILES string of the molecule is c1ccc(-c2ccc(N(c3ccccc3)c3cccc4c3Oc3ccccc3C43c4ccccc4-c4ccc(N(c5ccccc5)c5ccccc5)cc43)cc2)cc1. The molecule has 11 rings (SSSR count). The lowest BCUT2D eigenvalue weighted by Crippen LogP contribution is -2.33. The Morgan fingerprint density at radius 3 is 1.47 bits per heavy atom. The van der Waals surface area contributed by atoms with Crippen LogP contribution in [0.2, 0.25) is 0 Å². The number of anilines is 6. The third kappa shape index (κ3) is 5.28. The van der Waals surface area contributed by atoms with E-state index in [4.69, 9.17) is 4.74 Å². The molecule has 0 N–H and O–H groups in total. The molecule has 0 saturated heterocycles. The lowest BCUT2D eigenvalue weighted by Gasteiger charge is -2.41. The van der Waals surface area contributed by atoms with Gasteiger partial charge in [0, 0.05) is 39.6 Å². The zero-order valence-corrected chi connectivity index (χ0v) is 31.7. The van der Waals surface area contributed by atoms with Crippen LogP contribution in [0, 0.1) is 0 Å². The van der Waals surface area contributed by atoms with Crippen molar-refractivity contribution in [2.75, 3.05) is 9.80 Å². The monoisotopic (exact) mass is 742 g/mol. The summed E-state index contributed by atoms with van der Waals surface area (Å²) < 4.78 is 7.21. The number of ether oxygens (including phenoxy) is 1. The van der Waals surface area contributed by atoms with E-state index >= 15 is 0 Å². The molecule has 1 aliphatic heterocycles. The third-order valence-corrected chi connectivity index (χ3v) is 11.7. The van der Waals surface area contributed by atoms with E-state index in [0.717, 1.165) is 56.8 Å². The molecule has 2 aliphatic rings. The minimum Gasteiger partial charge on any atom is -0.454 e. The van der Waals surface area contributed by atoms with E-state index in [-0.39, 0.29) is 0 Å². The summed E-state index contributed by atoms with van der Waals surface area (Å²) in [5, 5.41) is 0. The zero-order valence-electron chi connectivity index (χ0n) is 31.7. The predicted octanol–water partition coefficient (Wildman–Crippen LogP) is 14.8. The van der Waals surface area contributed by atoms with Gasteiger partial charge in [-0.1, -0.05) is 158 Å². The number of rotatable bonds is 7. The molecule has 0 aromatic heterocycles. The van der Waals surface area contributed by atoms with E-state index in [9.17, 15) is 0 Å². The quantitative estimate of drug-likeness (QED) is 0.162. The minimum absolute atomic E-state index is 0.666. The van der Waals surface area contributed by atoms with E-state index < -0.39 is 5.41 Å². The Balaban J connectivity index is 1.17. The molecule has 1 spiro atoms. The number of fused-ring (bicyclic) bond motifs is 9. The highest BCUT2D eigenvalue weighted by Crippen LogP contribution is 2.64. The van der Waals surface area contributed by atoms with E-state index in [2.05, 4.69) is 240 Å². The summed E-state index contributed by atoms with van der Waals surface area (Å²) in [7, 11) is 0. The van der Waals surface area contributed by atoms with Crippen molar-refractivity contribution in [3.63, 3.8) is 0 Å². The minimum atomic E-state index is -0.666. The van der Waals surface area contributed by atoms with E-state index in [1.54, 1.807) is 0 Å². The number of benzene rings is 9. The number of para-hydroxylation sites is 5. The molecule has 9 aromatic carbocycles. The topological polar surface area (TPSA) is 15.7 Å². The van der Waals surface area contributed by atoms with Gasteiger partial charge in [0.05, 0.1) is 11.1 Å². The average molecular weight is 743 g/mol. The second-order valence-corrected chi connectivity index (χ2v) is 14.9. The molecular weight excluding hydrogens is 705 g/mol. The van der Waals surface area contributed by atoms with Gasteiger partial charge in [-0.3, -0.25) is 0 Å². The maximum Gasteiger partial charge on any atom is 0.156 e. The van der Waals surface area contributed by atoms with Crippen molar-refractivity contribution < 1.29 is 4.74 Å². The molecule has 0 amide bonds. The van der Waals surface area contributed by atoms with Crippen molar-refractivity contribution in [1.29, 1.82) is 0 Å². The fourth-order valence-electron chi connectivity index (χ4n) is 9.25. The highest BCUT2D eigenvalue weighted by atomic mass is 16.5. The predicted molar refractivity (Wildman–Crippen MR) is 239 cm³/mol. The van der Waals surface area contributed by atoms with Gasteiger partial charge >= 0.3 is 0 Å². The highest BCUT2D eigenvalue weighted by molar-refractivity contribution is 5.93.